The van der Waals surface area contributed by atoms with E-state index in [1.807, 2.05) is 6.92 Å². The van der Waals surface area contributed by atoms with E-state index >= 15 is 0 Å². The van der Waals surface area contributed by atoms with E-state index in [1.165, 1.54) is 13.8 Å². The Morgan fingerprint density at radius 2 is 1.85 bits per heavy atom. The zero-order valence-corrected chi connectivity index (χ0v) is 23.0. The number of carbonyl (C=O) groups excluding carboxylic acids is 4. The fraction of sp³-hybridized carbons (Fsp3) is 0.846. The van der Waals surface area contributed by atoms with Crippen molar-refractivity contribution in [3.63, 3.8) is 0 Å². The molecule has 0 aromatic rings. The minimum absolute atomic E-state index is 0.0482. The lowest BCUT2D eigenvalue weighted by molar-refractivity contribution is -0.167. The van der Waals surface area contributed by atoms with Gasteiger partial charge in [-0.3, -0.25) is 19.2 Å². The molecular formula is C26H39IO7. The van der Waals surface area contributed by atoms with Crippen LogP contribution in [0.5, 0.6) is 0 Å². The maximum absolute atomic E-state index is 13.7. The number of halogens is 1. The van der Waals surface area contributed by atoms with Crippen molar-refractivity contribution in [2.24, 2.45) is 34.5 Å². The first-order valence-corrected chi connectivity index (χ1v) is 14.1. The highest BCUT2D eigenvalue weighted by atomic mass is 127. The normalized spacial score (nSPS) is 38.5. The van der Waals surface area contributed by atoms with Gasteiger partial charge >= 0.3 is 11.9 Å². The Kier molecular flexibility index (Phi) is 9.06. The number of alkyl halides is 1. The lowest BCUT2D eigenvalue weighted by Crippen LogP contribution is -2.55. The first-order valence-electron chi connectivity index (χ1n) is 12.6. The maximum Gasteiger partial charge on any atom is 0.302 e. The number of Topliss-reactive ketones (excluding diaryl/α,β-unsaturated/α-hetero) is 1. The second-order valence-electron chi connectivity index (χ2n) is 10.9. The third-order valence-electron chi connectivity index (χ3n) is 9.20. The molecule has 192 valence electrons. The number of ketones is 1. The van der Waals surface area contributed by atoms with Gasteiger partial charge in [0.2, 0.25) is 0 Å². The SMILES string of the molecule is CC(=O)O[C@H]1CC[C@](COC=O)([C@H]2CC[C@]3(C)[C@@H]([C@@H](C)OC(C)=O)CC[C@H]3[C@@H]2CCI)C(=O)C1. The number of fused-ring (bicyclic) bond motifs is 1. The van der Waals surface area contributed by atoms with Crippen LogP contribution in [0.2, 0.25) is 0 Å². The van der Waals surface area contributed by atoms with E-state index in [2.05, 4.69) is 29.5 Å². The van der Waals surface area contributed by atoms with Gasteiger partial charge in [-0.2, -0.15) is 0 Å². The fourth-order valence-corrected chi connectivity index (χ4v) is 8.62. The van der Waals surface area contributed by atoms with E-state index in [1.54, 1.807) is 0 Å². The molecule has 0 bridgehead atoms. The molecule has 3 aliphatic rings. The van der Waals surface area contributed by atoms with E-state index in [0.717, 1.165) is 36.5 Å². The molecule has 0 heterocycles. The predicted molar refractivity (Wildman–Crippen MR) is 134 cm³/mol. The number of hydrogen-bond donors (Lipinski definition) is 0. The van der Waals surface area contributed by atoms with Crippen LogP contribution in [0.3, 0.4) is 0 Å². The monoisotopic (exact) mass is 590 g/mol. The third kappa shape index (κ3) is 5.31. The van der Waals surface area contributed by atoms with Crippen molar-refractivity contribution in [3.8, 4) is 0 Å². The Morgan fingerprint density at radius 3 is 2.44 bits per heavy atom. The Labute approximate surface area is 216 Å². The third-order valence-corrected chi connectivity index (χ3v) is 9.83. The van der Waals surface area contributed by atoms with Gasteiger partial charge in [0.25, 0.3) is 6.47 Å². The van der Waals surface area contributed by atoms with E-state index in [9.17, 15) is 19.2 Å². The summed E-state index contributed by atoms with van der Waals surface area (Å²) in [6.45, 7) is 7.74. The molecule has 3 fully saturated rings. The molecule has 34 heavy (non-hydrogen) atoms. The van der Waals surface area contributed by atoms with Gasteiger partial charge in [0, 0.05) is 26.2 Å². The van der Waals surface area contributed by atoms with Crippen LogP contribution in [0.15, 0.2) is 0 Å². The smallest absolute Gasteiger partial charge is 0.302 e. The summed E-state index contributed by atoms with van der Waals surface area (Å²) in [5.41, 5.74) is -0.679. The zero-order valence-electron chi connectivity index (χ0n) is 20.8. The topological polar surface area (TPSA) is 96.0 Å². The molecule has 8 atom stereocenters. The van der Waals surface area contributed by atoms with Crippen LogP contribution in [0.4, 0.5) is 0 Å². The van der Waals surface area contributed by atoms with Crippen molar-refractivity contribution >= 4 is 46.8 Å². The van der Waals surface area contributed by atoms with Crippen molar-refractivity contribution in [2.45, 2.75) is 91.3 Å². The summed E-state index contributed by atoms with van der Waals surface area (Å²) in [7, 11) is 0. The number of esters is 2. The van der Waals surface area contributed by atoms with E-state index < -0.39 is 11.5 Å². The summed E-state index contributed by atoms with van der Waals surface area (Å²) in [6.07, 6.45) is 5.74. The Balaban J connectivity index is 1.90. The highest BCUT2D eigenvalue weighted by molar-refractivity contribution is 14.1. The molecular weight excluding hydrogens is 551 g/mol. The van der Waals surface area contributed by atoms with Crippen LogP contribution in [0, 0.1) is 34.5 Å². The highest BCUT2D eigenvalue weighted by Gasteiger charge is 2.61. The highest BCUT2D eigenvalue weighted by Crippen LogP contribution is 2.64. The average Bonchev–Trinajstić information content (AvgIpc) is 3.11. The molecule has 0 unspecified atom stereocenters. The van der Waals surface area contributed by atoms with Crippen LogP contribution >= 0.6 is 22.6 Å². The van der Waals surface area contributed by atoms with Gasteiger partial charge in [0.05, 0.1) is 5.41 Å². The number of ether oxygens (including phenoxy) is 3. The van der Waals surface area contributed by atoms with Gasteiger partial charge in [0.1, 0.15) is 24.6 Å². The summed E-state index contributed by atoms with van der Waals surface area (Å²) in [5.74, 6) is 0.625. The van der Waals surface area contributed by atoms with Gasteiger partial charge < -0.3 is 14.2 Å². The molecule has 0 aromatic heterocycles. The standard InChI is InChI=1S/C26H39IO7/c1-16(33-17(2)29)21-5-6-22-20(9-12-27)23(8-10-25(21,22)4)26(14-32-15-28)11-7-19(13-24(26)31)34-18(3)30/h15-16,19-23H,5-14H2,1-4H3/t16-,19+,20+,21-,22+,23+,25-,26+/m1/s1. The van der Waals surface area contributed by atoms with Crippen molar-refractivity contribution in [3.05, 3.63) is 0 Å². The van der Waals surface area contributed by atoms with Gasteiger partial charge in [0.15, 0.2) is 0 Å². The van der Waals surface area contributed by atoms with Crippen molar-refractivity contribution in [1.82, 2.24) is 0 Å². The molecule has 0 aliphatic heterocycles. The lowest BCUT2D eigenvalue weighted by Gasteiger charge is -2.55. The molecule has 7 nitrogen and oxygen atoms in total. The van der Waals surface area contributed by atoms with Crippen LogP contribution < -0.4 is 0 Å². The number of hydrogen-bond acceptors (Lipinski definition) is 7. The van der Waals surface area contributed by atoms with Crippen molar-refractivity contribution in [2.75, 3.05) is 11.0 Å². The van der Waals surface area contributed by atoms with Gasteiger partial charge in [-0.25, -0.2) is 0 Å². The van der Waals surface area contributed by atoms with Crippen molar-refractivity contribution < 1.29 is 33.4 Å². The largest absolute Gasteiger partial charge is 0.467 e. The first kappa shape index (κ1) is 27.4. The molecule has 0 aromatic carbocycles. The van der Waals surface area contributed by atoms with Crippen molar-refractivity contribution in [1.29, 1.82) is 0 Å². The van der Waals surface area contributed by atoms with Crippen LogP contribution in [0.25, 0.3) is 0 Å². The number of rotatable bonds is 9. The zero-order chi connectivity index (χ0) is 25.1. The van der Waals surface area contributed by atoms with Gasteiger partial charge in [-0.1, -0.05) is 29.5 Å². The molecule has 0 saturated heterocycles. The molecule has 8 heteroatoms. The fourth-order valence-electron chi connectivity index (χ4n) is 7.90. The summed E-state index contributed by atoms with van der Waals surface area (Å²) in [4.78, 5) is 48.0. The summed E-state index contributed by atoms with van der Waals surface area (Å²) in [6, 6.07) is 0. The Hall–Kier alpha value is -1.19. The van der Waals surface area contributed by atoms with Crippen LogP contribution in [-0.2, 0) is 33.4 Å². The Morgan fingerprint density at radius 1 is 1.12 bits per heavy atom. The maximum atomic E-state index is 13.7. The van der Waals surface area contributed by atoms with E-state index in [0.29, 0.717) is 37.1 Å². The molecule has 0 amide bonds. The molecule has 3 aliphatic carbocycles. The lowest BCUT2D eigenvalue weighted by atomic mass is 9.49. The second kappa shape index (κ2) is 11.2. The first-order chi connectivity index (χ1) is 16.1. The van der Waals surface area contributed by atoms with Crippen LogP contribution in [0.1, 0.15) is 79.1 Å². The van der Waals surface area contributed by atoms with Gasteiger partial charge in [-0.15, -0.1) is 0 Å². The van der Waals surface area contributed by atoms with Gasteiger partial charge in [-0.05, 0) is 79.5 Å². The van der Waals surface area contributed by atoms with E-state index in [4.69, 9.17) is 14.2 Å². The molecule has 0 spiro atoms. The summed E-state index contributed by atoms with van der Waals surface area (Å²) >= 11 is 2.42. The molecule has 0 radical (unpaired) electrons. The molecule has 0 N–H and O–H groups in total. The molecule has 3 rings (SSSR count). The predicted octanol–water partition coefficient (Wildman–Crippen LogP) is 4.67. The minimum atomic E-state index is -0.727. The minimum Gasteiger partial charge on any atom is -0.467 e. The quantitative estimate of drug-likeness (QED) is 0.127. The Bertz CT molecular complexity index is 785. The van der Waals surface area contributed by atoms with Crippen LogP contribution in [-0.4, -0.2) is 47.4 Å². The number of carbonyl (C=O) groups is 4. The average molecular weight is 590 g/mol. The summed E-state index contributed by atoms with van der Waals surface area (Å²) in [5, 5.41) is 0. The second-order valence-corrected chi connectivity index (χ2v) is 11.9. The summed E-state index contributed by atoms with van der Waals surface area (Å²) < 4.78 is 17.3. The molecule has 3 saturated carbocycles. The van der Waals surface area contributed by atoms with E-state index in [-0.39, 0.29) is 48.2 Å².